The van der Waals surface area contributed by atoms with Crippen molar-refractivity contribution in [2.24, 2.45) is 5.92 Å². The van der Waals surface area contributed by atoms with E-state index in [1.807, 2.05) is 0 Å². The Bertz CT molecular complexity index is 884. The number of hydrogen-bond donors (Lipinski definition) is 0. The van der Waals surface area contributed by atoms with Crippen LogP contribution in [-0.4, -0.2) is 0 Å². The first-order chi connectivity index (χ1) is 9.74. The first-order valence-corrected chi connectivity index (χ1v) is 7.39. The van der Waals surface area contributed by atoms with Gasteiger partial charge < -0.3 is 0 Å². The maximum Gasteiger partial charge on any atom is -0.00240 e. The van der Waals surface area contributed by atoms with Crippen LogP contribution in [0.5, 0.6) is 0 Å². The highest BCUT2D eigenvalue weighted by atomic mass is 14.1. The summed E-state index contributed by atoms with van der Waals surface area (Å²) in [5, 5.41) is 8.36. The molecule has 0 aliphatic rings. The van der Waals surface area contributed by atoms with Crippen molar-refractivity contribution in [1.29, 1.82) is 0 Å². The van der Waals surface area contributed by atoms with Crippen LogP contribution in [0.2, 0.25) is 0 Å². The van der Waals surface area contributed by atoms with E-state index >= 15 is 0 Å². The van der Waals surface area contributed by atoms with Gasteiger partial charge in [-0.2, -0.15) is 0 Å². The molecule has 0 fully saturated rings. The topological polar surface area (TPSA) is 0 Å². The standard InChI is InChI=1S/C20H18/c1-13(2)12-17-9-8-16-7-6-14-4-3-5-15-10-11-18(17)20(16)19(14)15/h3-11,13H,12H2,1-2H3. The van der Waals surface area contributed by atoms with E-state index in [2.05, 4.69) is 68.4 Å². The summed E-state index contributed by atoms with van der Waals surface area (Å²) in [5.74, 6) is 0.688. The Hall–Kier alpha value is -2.08. The zero-order valence-electron chi connectivity index (χ0n) is 12.0. The zero-order chi connectivity index (χ0) is 13.7. The van der Waals surface area contributed by atoms with Crippen LogP contribution in [0.4, 0.5) is 0 Å². The normalized spacial score (nSPS) is 12.2. The molecule has 0 unspecified atom stereocenters. The molecule has 0 heterocycles. The summed E-state index contributed by atoms with van der Waals surface area (Å²) in [6.45, 7) is 4.58. The third-order valence-corrected chi connectivity index (χ3v) is 4.25. The van der Waals surface area contributed by atoms with Gasteiger partial charge in [0.05, 0.1) is 0 Å². The van der Waals surface area contributed by atoms with Crippen LogP contribution >= 0.6 is 0 Å². The Morgan fingerprint density at radius 3 is 2.00 bits per heavy atom. The van der Waals surface area contributed by atoms with Crippen molar-refractivity contribution >= 4 is 32.3 Å². The Labute approximate surface area is 119 Å². The predicted molar refractivity (Wildman–Crippen MR) is 88.7 cm³/mol. The summed E-state index contributed by atoms with van der Waals surface area (Å²) in [6.07, 6.45) is 1.15. The molecule has 20 heavy (non-hydrogen) atoms. The van der Waals surface area contributed by atoms with Crippen molar-refractivity contribution < 1.29 is 0 Å². The fraction of sp³-hybridized carbons (Fsp3) is 0.200. The molecule has 0 aliphatic heterocycles. The van der Waals surface area contributed by atoms with Crippen molar-refractivity contribution in [2.45, 2.75) is 20.3 Å². The Morgan fingerprint density at radius 2 is 1.30 bits per heavy atom. The molecular formula is C20H18. The quantitative estimate of drug-likeness (QED) is 0.400. The van der Waals surface area contributed by atoms with E-state index < -0.39 is 0 Å². The number of benzene rings is 4. The fourth-order valence-corrected chi connectivity index (χ4v) is 3.41. The van der Waals surface area contributed by atoms with E-state index in [1.165, 1.54) is 37.9 Å². The molecule has 0 spiro atoms. The van der Waals surface area contributed by atoms with Gasteiger partial charge in [-0.25, -0.2) is 0 Å². The second-order valence-electron chi connectivity index (χ2n) is 6.18. The summed E-state index contributed by atoms with van der Waals surface area (Å²) >= 11 is 0. The molecule has 0 aliphatic carbocycles. The molecular weight excluding hydrogens is 240 g/mol. The molecule has 0 bridgehead atoms. The van der Waals surface area contributed by atoms with Gasteiger partial charge in [0.25, 0.3) is 0 Å². The van der Waals surface area contributed by atoms with Crippen molar-refractivity contribution in [3.8, 4) is 0 Å². The summed E-state index contributed by atoms with van der Waals surface area (Å²) in [6, 6.07) is 20.3. The lowest BCUT2D eigenvalue weighted by molar-refractivity contribution is 0.650. The van der Waals surface area contributed by atoms with Crippen molar-refractivity contribution in [2.75, 3.05) is 0 Å². The minimum absolute atomic E-state index is 0.688. The van der Waals surface area contributed by atoms with Crippen LogP contribution in [0.15, 0.2) is 54.6 Å². The average molecular weight is 258 g/mol. The molecule has 0 amide bonds. The van der Waals surface area contributed by atoms with E-state index in [9.17, 15) is 0 Å². The van der Waals surface area contributed by atoms with Gasteiger partial charge in [-0.15, -0.1) is 0 Å². The molecule has 0 nitrogen and oxygen atoms in total. The van der Waals surface area contributed by atoms with Crippen LogP contribution in [0.3, 0.4) is 0 Å². The number of hydrogen-bond acceptors (Lipinski definition) is 0. The van der Waals surface area contributed by atoms with Crippen molar-refractivity contribution in [3.63, 3.8) is 0 Å². The molecule has 0 radical (unpaired) electrons. The van der Waals surface area contributed by atoms with Crippen molar-refractivity contribution in [1.82, 2.24) is 0 Å². The Kier molecular flexibility index (Phi) is 2.47. The van der Waals surface area contributed by atoms with Crippen LogP contribution in [0.25, 0.3) is 32.3 Å². The first kappa shape index (κ1) is 11.7. The average Bonchev–Trinajstić information content (AvgIpc) is 2.46. The Morgan fingerprint density at radius 1 is 0.700 bits per heavy atom. The largest absolute Gasteiger partial charge is 0.0625 e. The summed E-state index contributed by atoms with van der Waals surface area (Å²) in [7, 11) is 0. The SMILES string of the molecule is CC(C)Cc1ccc2ccc3cccc4ccc1c2c34. The maximum atomic E-state index is 2.31. The van der Waals surface area contributed by atoms with Crippen LogP contribution in [0.1, 0.15) is 19.4 Å². The Balaban J connectivity index is 2.20. The molecule has 0 saturated carbocycles. The van der Waals surface area contributed by atoms with Gasteiger partial charge in [-0.1, -0.05) is 68.4 Å². The molecule has 4 rings (SSSR count). The second-order valence-corrected chi connectivity index (χ2v) is 6.18. The molecule has 0 aromatic heterocycles. The van der Waals surface area contributed by atoms with Gasteiger partial charge >= 0.3 is 0 Å². The lowest BCUT2D eigenvalue weighted by Gasteiger charge is -2.14. The minimum Gasteiger partial charge on any atom is -0.0625 e. The molecule has 0 saturated heterocycles. The van der Waals surface area contributed by atoms with E-state index in [0.717, 1.165) is 6.42 Å². The zero-order valence-corrected chi connectivity index (χ0v) is 12.0. The molecule has 98 valence electrons. The van der Waals surface area contributed by atoms with Gasteiger partial charge in [0.2, 0.25) is 0 Å². The predicted octanol–water partition coefficient (Wildman–Crippen LogP) is 5.78. The van der Waals surface area contributed by atoms with Gasteiger partial charge in [0.1, 0.15) is 0 Å². The fourth-order valence-electron chi connectivity index (χ4n) is 3.41. The first-order valence-electron chi connectivity index (χ1n) is 7.39. The van der Waals surface area contributed by atoms with Gasteiger partial charge in [0.15, 0.2) is 0 Å². The molecule has 0 N–H and O–H groups in total. The maximum absolute atomic E-state index is 2.31. The molecule has 4 aromatic rings. The van der Waals surface area contributed by atoms with Gasteiger partial charge in [0, 0.05) is 0 Å². The highest BCUT2D eigenvalue weighted by Gasteiger charge is 2.10. The summed E-state index contributed by atoms with van der Waals surface area (Å²) in [4.78, 5) is 0. The monoisotopic (exact) mass is 258 g/mol. The lowest BCUT2D eigenvalue weighted by Crippen LogP contribution is -1.96. The summed E-state index contributed by atoms with van der Waals surface area (Å²) in [5.41, 5.74) is 1.48. The van der Waals surface area contributed by atoms with E-state index in [0.29, 0.717) is 5.92 Å². The number of rotatable bonds is 2. The van der Waals surface area contributed by atoms with E-state index in [1.54, 1.807) is 0 Å². The van der Waals surface area contributed by atoms with E-state index in [4.69, 9.17) is 0 Å². The van der Waals surface area contributed by atoms with Gasteiger partial charge in [-0.3, -0.25) is 0 Å². The van der Waals surface area contributed by atoms with Crippen LogP contribution in [-0.2, 0) is 6.42 Å². The second kappa shape index (κ2) is 4.21. The van der Waals surface area contributed by atoms with E-state index in [-0.39, 0.29) is 0 Å². The van der Waals surface area contributed by atoms with Crippen LogP contribution < -0.4 is 0 Å². The highest BCUT2D eigenvalue weighted by Crippen LogP contribution is 2.36. The molecule has 0 atom stereocenters. The molecule has 0 heteroatoms. The van der Waals surface area contributed by atoms with Crippen LogP contribution in [0, 0.1) is 5.92 Å². The van der Waals surface area contributed by atoms with Gasteiger partial charge in [-0.05, 0) is 50.2 Å². The van der Waals surface area contributed by atoms with Crippen molar-refractivity contribution in [3.05, 3.63) is 60.2 Å². The highest BCUT2D eigenvalue weighted by molar-refractivity contribution is 6.23. The lowest BCUT2D eigenvalue weighted by atomic mass is 9.89. The molecule has 4 aromatic carbocycles. The minimum atomic E-state index is 0.688. The third-order valence-electron chi connectivity index (χ3n) is 4.25. The smallest absolute Gasteiger partial charge is 0.00240 e. The summed E-state index contributed by atoms with van der Waals surface area (Å²) < 4.78 is 0. The third kappa shape index (κ3) is 1.61.